The standard InChI is InChI=1S/C17H16O4/c1-11-9-12(3-7-16(11)18)15-6-5-14(21-2)10-13(15)4-8-17(19)20/h3-10,18H,1-2H3,(H,19,20)/b8-4+. The molecule has 4 heteroatoms. The molecule has 2 N–H and O–H groups in total. The molecule has 21 heavy (non-hydrogen) atoms. The molecule has 0 fully saturated rings. The molecule has 0 bridgehead atoms. The third-order valence-electron chi connectivity index (χ3n) is 3.17. The molecule has 2 aromatic carbocycles. The Bertz CT molecular complexity index is 702. The zero-order chi connectivity index (χ0) is 15.4. The van der Waals surface area contributed by atoms with Crippen molar-refractivity contribution in [2.24, 2.45) is 0 Å². The molecular weight excluding hydrogens is 268 g/mol. The summed E-state index contributed by atoms with van der Waals surface area (Å²) in [5.74, 6) is -0.125. The summed E-state index contributed by atoms with van der Waals surface area (Å²) in [6.07, 6.45) is 2.62. The molecule has 0 spiro atoms. The molecule has 0 aliphatic rings. The second-order valence-corrected chi connectivity index (χ2v) is 4.63. The largest absolute Gasteiger partial charge is 0.508 e. The SMILES string of the molecule is COc1ccc(-c2ccc(O)c(C)c2)c(/C=C/C(=O)O)c1. The number of hydrogen-bond donors (Lipinski definition) is 2. The van der Waals surface area contributed by atoms with Crippen LogP contribution in [0.3, 0.4) is 0 Å². The van der Waals surface area contributed by atoms with Crippen molar-refractivity contribution in [2.45, 2.75) is 6.92 Å². The van der Waals surface area contributed by atoms with E-state index < -0.39 is 5.97 Å². The van der Waals surface area contributed by atoms with Crippen molar-refractivity contribution in [3.8, 4) is 22.6 Å². The van der Waals surface area contributed by atoms with Crippen molar-refractivity contribution in [2.75, 3.05) is 7.11 Å². The Morgan fingerprint density at radius 2 is 1.95 bits per heavy atom. The Morgan fingerprint density at radius 3 is 2.57 bits per heavy atom. The van der Waals surface area contributed by atoms with Crippen molar-refractivity contribution in [3.63, 3.8) is 0 Å². The highest BCUT2D eigenvalue weighted by Crippen LogP contribution is 2.31. The summed E-state index contributed by atoms with van der Waals surface area (Å²) in [5, 5.41) is 18.4. The van der Waals surface area contributed by atoms with E-state index in [0.29, 0.717) is 5.75 Å². The van der Waals surface area contributed by atoms with Crippen LogP contribution in [0.5, 0.6) is 11.5 Å². The molecule has 0 unspecified atom stereocenters. The van der Waals surface area contributed by atoms with Gasteiger partial charge in [-0.1, -0.05) is 12.1 Å². The number of rotatable bonds is 4. The minimum atomic E-state index is -1.01. The van der Waals surface area contributed by atoms with Gasteiger partial charge in [0.2, 0.25) is 0 Å². The molecule has 0 saturated heterocycles. The van der Waals surface area contributed by atoms with E-state index in [1.165, 1.54) is 6.08 Å². The molecule has 2 rings (SSSR count). The maximum atomic E-state index is 10.7. The van der Waals surface area contributed by atoms with Crippen molar-refractivity contribution in [1.29, 1.82) is 0 Å². The lowest BCUT2D eigenvalue weighted by Crippen LogP contribution is -1.90. The number of methoxy groups -OCH3 is 1. The molecule has 0 aliphatic carbocycles. The monoisotopic (exact) mass is 284 g/mol. The van der Waals surface area contributed by atoms with Gasteiger partial charge in [0.05, 0.1) is 7.11 Å². The fourth-order valence-corrected chi connectivity index (χ4v) is 2.05. The predicted molar refractivity (Wildman–Crippen MR) is 81.5 cm³/mol. The van der Waals surface area contributed by atoms with Gasteiger partial charge in [0.25, 0.3) is 0 Å². The van der Waals surface area contributed by atoms with E-state index in [1.807, 2.05) is 25.1 Å². The Balaban J connectivity index is 2.55. The Kier molecular flexibility index (Phi) is 4.28. The number of hydrogen-bond acceptors (Lipinski definition) is 3. The molecule has 0 aromatic heterocycles. The first-order chi connectivity index (χ1) is 10.0. The molecule has 0 saturated carbocycles. The van der Waals surface area contributed by atoms with Crippen molar-refractivity contribution >= 4 is 12.0 Å². The summed E-state index contributed by atoms with van der Waals surface area (Å²) in [5.41, 5.74) is 3.27. The highest BCUT2D eigenvalue weighted by Gasteiger charge is 2.07. The number of carboxylic acids is 1. The number of benzene rings is 2. The van der Waals surface area contributed by atoms with Crippen LogP contribution in [0.1, 0.15) is 11.1 Å². The van der Waals surface area contributed by atoms with Gasteiger partial charge in [-0.2, -0.15) is 0 Å². The molecule has 0 radical (unpaired) electrons. The number of aliphatic carboxylic acids is 1. The van der Waals surface area contributed by atoms with Gasteiger partial charge in [-0.3, -0.25) is 0 Å². The first kappa shape index (κ1) is 14.7. The van der Waals surface area contributed by atoms with E-state index in [-0.39, 0.29) is 5.75 Å². The molecular formula is C17H16O4. The average molecular weight is 284 g/mol. The predicted octanol–water partition coefficient (Wildman–Crippen LogP) is 3.47. The van der Waals surface area contributed by atoms with Crippen LogP contribution in [0.15, 0.2) is 42.5 Å². The maximum absolute atomic E-state index is 10.7. The van der Waals surface area contributed by atoms with Crippen molar-refractivity contribution < 1.29 is 19.7 Å². The van der Waals surface area contributed by atoms with Crippen molar-refractivity contribution in [1.82, 2.24) is 0 Å². The number of aromatic hydroxyl groups is 1. The highest BCUT2D eigenvalue weighted by molar-refractivity contribution is 5.88. The van der Waals surface area contributed by atoms with Gasteiger partial charge < -0.3 is 14.9 Å². The second kappa shape index (κ2) is 6.13. The second-order valence-electron chi connectivity index (χ2n) is 4.63. The summed E-state index contributed by atoms with van der Waals surface area (Å²) in [6.45, 7) is 1.81. The van der Waals surface area contributed by atoms with E-state index in [1.54, 1.807) is 25.3 Å². The Morgan fingerprint density at radius 1 is 1.19 bits per heavy atom. The van der Waals surface area contributed by atoms with Crippen LogP contribution >= 0.6 is 0 Å². The van der Waals surface area contributed by atoms with Gasteiger partial charge in [0.15, 0.2) is 0 Å². The Labute approximate surface area is 122 Å². The smallest absolute Gasteiger partial charge is 0.328 e. The first-order valence-electron chi connectivity index (χ1n) is 6.40. The molecule has 108 valence electrons. The van der Waals surface area contributed by atoms with E-state index in [4.69, 9.17) is 9.84 Å². The number of phenols is 1. The summed E-state index contributed by atoms with van der Waals surface area (Å²) in [7, 11) is 1.56. The lowest BCUT2D eigenvalue weighted by molar-refractivity contribution is -0.131. The van der Waals surface area contributed by atoms with Gasteiger partial charge in [-0.05, 0) is 59.5 Å². The number of carbonyl (C=O) groups is 1. The van der Waals surface area contributed by atoms with Crippen LogP contribution in [0.4, 0.5) is 0 Å². The number of carboxylic acid groups (broad SMARTS) is 1. The van der Waals surface area contributed by atoms with Crippen LogP contribution in [-0.2, 0) is 4.79 Å². The molecule has 0 heterocycles. The van der Waals surface area contributed by atoms with Gasteiger partial charge >= 0.3 is 5.97 Å². The minimum Gasteiger partial charge on any atom is -0.508 e. The summed E-state index contributed by atoms with van der Waals surface area (Å²) in [4.78, 5) is 10.7. The van der Waals surface area contributed by atoms with Crippen LogP contribution in [-0.4, -0.2) is 23.3 Å². The lowest BCUT2D eigenvalue weighted by Gasteiger charge is -2.10. The van der Waals surface area contributed by atoms with E-state index in [0.717, 1.165) is 28.3 Å². The minimum absolute atomic E-state index is 0.231. The van der Waals surface area contributed by atoms with Crippen LogP contribution in [0, 0.1) is 6.92 Å². The highest BCUT2D eigenvalue weighted by atomic mass is 16.5. The molecule has 0 atom stereocenters. The Hall–Kier alpha value is -2.75. The molecule has 4 nitrogen and oxygen atoms in total. The van der Waals surface area contributed by atoms with Gasteiger partial charge in [-0.15, -0.1) is 0 Å². The zero-order valence-electron chi connectivity index (χ0n) is 11.8. The normalized spacial score (nSPS) is 10.8. The van der Waals surface area contributed by atoms with Crippen LogP contribution < -0.4 is 4.74 Å². The van der Waals surface area contributed by atoms with E-state index >= 15 is 0 Å². The third-order valence-corrected chi connectivity index (χ3v) is 3.17. The third kappa shape index (κ3) is 3.42. The number of phenolic OH excluding ortho intramolecular Hbond substituents is 1. The van der Waals surface area contributed by atoms with Gasteiger partial charge in [-0.25, -0.2) is 4.79 Å². The summed E-state index contributed by atoms with van der Waals surface area (Å²) in [6, 6.07) is 10.7. The fraction of sp³-hybridized carbons (Fsp3) is 0.118. The fourth-order valence-electron chi connectivity index (χ4n) is 2.05. The van der Waals surface area contributed by atoms with Crippen LogP contribution in [0.25, 0.3) is 17.2 Å². The van der Waals surface area contributed by atoms with Crippen LogP contribution in [0.2, 0.25) is 0 Å². The number of aryl methyl sites for hydroxylation is 1. The summed E-state index contributed by atoms with van der Waals surface area (Å²) >= 11 is 0. The molecule has 0 amide bonds. The van der Waals surface area contributed by atoms with Gasteiger partial charge in [0.1, 0.15) is 11.5 Å². The van der Waals surface area contributed by atoms with Crippen molar-refractivity contribution in [3.05, 3.63) is 53.6 Å². The number of ether oxygens (including phenoxy) is 1. The zero-order valence-corrected chi connectivity index (χ0v) is 11.8. The maximum Gasteiger partial charge on any atom is 0.328 e. The van der Waals surface area contributed by atoms with E-state index in [9.17, 15) is 9.90 Å². The molecule has 2 aromatic rings. The lowest BCUT2D eigenvalue weighted by atomic mass is 9.97. The average Bonchev–Trinajstić information content (AvgIpc) is 2.47. The first-order valence-corrected chi connectivity index (χ1v) is 6.40. The topological polar surface area (TPSA) is 66.8 Å². The van der Waals surface area contributed by atoms with Gasteiger partial charge in [0, 0.05) is 6.08 Å². The summed E-state index contributed by atoms with van der Waals surface area (Å²) < 4.78 is 5.17. The quantitative estimate of drug-likeness (QED) is 0.844. The van der Waals surface area contributed by atoms with E-state index in [2.05, 4.69) is 0 Å². The molecule has 0 aliphatic heterocycles.